The molecule has 106 valence electrons. The maximum absolute atomic E-state index is 12.1. The van der Waals surface area contributed by atoms with E-state index in [0.717, 1.165) is 10.6 Å². The van der Waals surface area contributed by atoms with Gasteiger partial charge in [0.25, 0.3) is 0 Å². The molecule has 0 atom stereocenters. The lowest BCUT2D eigenvalue weighted by Crippen LogP contribution is -2.21. The van der Waals surface area contributed by atoms with Crippen molar-refractivity contribution in [3.05, 3.63) is 60.0 Å². The molecule has 0 bridgehead atoms. The number of hydrogen-bond donors (Lipinski definition) is 1. The lowest BCUT2D eigenvalue weighted by atomic mass is 9.99. The first-order valence-corrected chi connectivity index (χ1v) is 6.65. The summed E-state index contributed by atoms with van der Waals surface area (Å²) in [6, 6.07) is 7.42. The second kappa shape index (κ2) is 5.38. The maximum atomic E-state index is 12.1. The van der Waals surface area contributed by atoms with Crippen molar-refractivity contribution in [3.8, 4) is 0 Å². The zero-order valence-electron chi connectivity index (χ0n) is 11.5. The molecule has 1 aromatic carbocycles. The molecule has 2 aliphatic heterocycles. The summed E-state index contributed by atoms with van der Waals surface area (Å²) in [7, 11) is 0. The Morgan fingerprint density at radius 3 is 2.90 bits per heavy atom. The average Bonchev–Trinajstić information content (AvgIpc) is 2.87. The summed E-state index contributed by atoms with van der Waals surface area (Å²) in [5, 5.41) is 11.0. The zero-order chi connectivity index (χ0) is 14.8. The van der Waals surface area contributed by atoms with Crippen LogP contribution in [0.15, 0.2) is 59.4 Å². The van der Waals surface area contributed by atoms with Crippen LogP contribution in [0.4, 0.5) is 5.69 Å². The number of carbonyl (C=O) groups excluding carboxylic acids is 1. The fourth-order valence-electron chi connectivity index (χ4n) is 2.33. The van der Waals surface area contributed by atoms with Gasteiger partial charge in [-0.05, 0) is 25.1 Å². The van der Waals surface area contributed by atoms with Crippen LogP contribution in [0.1, 0.15) is 12.5 Å². The number of esters is 1. The Morgan fingerprint density at radius 1 is 1.33 bits per heavy atom. The minimum atomic E-state index is -0.493. The second-order valence-corrected chi connectivity index (χ2v) is 4.50. The Morgan fingerprint density at radius 2 is 2.14 bits per heavy atom. The second-order valence-electron chi connectivity index (χ2n) is 4.50. The Kier molecular flexibility index (Phi) is 3.41. The highest BCUT2D eigenvalue weighted by atomic mass is 16.5. The van der Waals surface area contributed by atoms with Gasteiger partial charge in [0.15, 0.2) is 5.71 Å². The third-order valence-corrected chi connectivity index (χ3v) is 3.21. The molecule has 21 heavy (non-hydrogen) atoms. The van der Waals surface area contributed by atoms with Crippen molar-refractivity contribution < 1.29 is 14.7 Å². The van der Waals surface area contributed by atoms with Gasteiger partial charge in [-0.3, -0.25) is 5.21 Å². The van der Waals surface area contributed by atoms with Crippen molar-refractivity contribution in [2.24, 2.45) is 4.99 Å². The molecule has 5 heteroatoms. The number of ether oxygens (including phenoxy) is 1. The molecule has 0 amide bonds. The lowest BCUT2D eigenvalue weighted by molar-refractivity contribution is -0.134. The van der Waals surface area contributed by atoms with E-state index >= 15 is 0 Å². The van der Waals surface area contributed by atoms with Gasteiger partial charge in [-0.1, -0.05) is 24.3 Å². The van der Waals surface area contributed by atoms with Crippen molar-refractivity contribution in [1.29, 1.82) is 0 Å². The van der Waals surface area contributed by atoms with Crippen LogP contribution >= 0.6 is 0 Å². The zero-order valence-corrected chi connectivity index (χ0v) is 11.5. The molecule has 0 unspecified atom stereocenters. The largest absolute Gasteiger partial charge is 0.461 e. The molecule has 2 heterocycles. The molecule has 1 N–H and O–H groups in total. The minimum absolute atomic E-state index is 0.215. The van der Waals surface area contributed by atoms with Crippen molar-refractivity contribution in [2.45, 2.75) is 6.92 Å². The Balaban J connectivity index is 2.17. The van der Waals surface area contributed by atoms with Crippen LogP contribution in [0.2, 0.25) is 0 Å². The number of fused-ring (bicyclic) bond motifs is 1. The van der Waals surface area contributed by atoms with Crippen molar-refractivity contribution in [3.63, 3.8) is 0 Å². The van der Waals surface area contributed by atoms with Crippen molar-refractivity contribution >= 4 is 22.9 Å². The molecule has 0 saturated carbocycles. The lowest BCUT2D eigenvalue weighted by Gasteiger charge is -2.19. The van der Waals surface area contributed by atoms with Crippen molar-refractivity contribution in [2.75, 3.05) is 6.61 Å². The van der Waals surface area contributed by atoms with Gasteiger partial charge in [0, 0.05) is 17.3 Å². The van der Waals surface area contributed by atoms with E-state index in [1.54, 1.807) is 25.2 Å². The predicted molar refractivity (Wildman–Crippen MR) is 79.0 cm³/mol. The number of allylic oxidation sites excluding steroid dienone is 3. The Labute approximate surface area is 122 Å². The first-order chi connectivity index (χ1) is 10.2. The number of hydrogen-bond acceptors (Lipinski definition) is 5. The topological polar surface area (TPSA) is 62.1 Å². The summed E-state index contributed by atoms with van der Waals surface area (Å²) in [6.07, 6.45) is 6.73. The first-order valence-electron chi connectivity index (χ1n) is 6.65. The van der Waals surface area contributed by atoms with Crippen LogP contribution in [-0.4, -0.2) is 28.6 Å². The molecule has 0 aromatic heterocycles. The van der Waals surface area contributed by atoms with Gasteiger partial charge >= 0.3 is 5.97 Å². The molecule has 3 rings (SSSR count). The number of hydroxylamine groups is 2. The van der Waals surface area contributed by atoms with Crippen LogP contribution in [-0.2, 0) is 9.53 Å². The van der Waals surface area contributed by atoms with Crippen LogP contribution in [0.25, 0.3) is 5.57 Å². The predicted octanol–water partition coefficient (Wildman–Crippen LogP) is 2.82. The quantitative estimate of drug-likeness (QED) is 0.847. The average molecular weight is 282 g/mol. The number of nitrogens with zero attached hydrogens (tertiary/aromatic N) is 2. The van der Waals surface area contributed by atoms with Gasteiger partial charge < -0.3 is 4.74 Å². The number of rotatable bonds is 2. The molecule has 0 aliphatic carbocycles. The van der Waals surface area contributed by atoms with Crippen molar-refractivity contribution in [1.82, 2.24) is 5.06 Å². The molecule has 0 saturated heterocycles. The highest BCUT2D eigenvalue weighted by molar-refractivity contribution is 6.57. The molecule has 0 radical (unpaired) electrons. The van der Waals surface area contributed by atoms with E-state index in [9.17, 15) is 10.0 Å². The normalized spacial score (nSPS) is 19.5. The Hall–Kier alpha value is -2.66. The number of aliphatic imine (C=N–C) groups is 1. The van der Waals surface area contributed by atoms with Crippen LogP contribution < -0.4 is 0 Å². The van der Waals surface area contributed by atoms with E-state index in [1.807, 2.05) is 24.3 Å². The summed E-state index contributed by atoms with van der Waals surface area (Å²) in [6.45, 7) is 2.02. The summed E-state index contributed by atoms with van der Waals surface area (Å²) in [5.74, 6) is -0.493. The molecule has 0 fully saturated rings. The van der Waals surface area contributed by atoms with E-state index in [-0.39, 0.29) is 12.3 Å². The summed E-state index contributed by atoms with van der Waals surface area (Å²) in [5.41, 5.74) is 2.78. The summed E-state index contributed by atoms with van der Waals surface area (Å²) in [4.78, 5) is 16.5. The van der Waals surface area contributed by atoms with Gasteiger partial charge in [0.1, 0.15) is 0 Å². The number of para-hydroxylation sites is 1. The molecular weight excluding hydrogens is 268 g/mol. The molecule has 5 nitrogen and oxygen atoms in total. The highest BCUT2D eigenvalue weighted by Crippen LogP contribution is 2.38. The van der Waals surface area contributed by atoms with Gasteiger partial charge in [-0.2, -0.15) is 0 Å². The third-order valence-electron chi connectivity index (χ3n) is 3.21. The number of benzene rings is 1. The SMILES string of the molecule is CCOC(=O)C1=Nc2ccccc2/C1=C1/C=CC=CN1O. The van der Waals surface area contributed by atoms with Gasteiger partial charge in [0.05, 0.1) is 18.0 Å². The van der Waals surface area contributed by atoms with Crippen LogP contribution in [0.5, 0.6) is 0 Å². The summed E-state index contributed by atoms with van der Waals surface area (Å²) >= 11 is 0. The fraction of sp³-hybridized carbons (Fsp3) is 0.125. The van der Waals surface area contributed by atoms with E-state index in [1.165, 1.54) is 6.20 Å². The molecular formula is C16H14N2O3. The molecule has 1 aromatic rings. The summed E-state index contributed by atoms with van der Waals surface area (Å²) < 4.78 is 5.07. The van der Waals surface area contributed by atoms with Gasteiger partial charge in [0.2, 0.25) is 0 Å². The Bertz CT molecular complexity index is 714. The number of carbonyl (C=O) groups is 1. The maximum Gasteiger partial charge on any atom is 0.357 e. The van der Waals surface area contributed by atoms with E-state index in [4.69, 9.17) is 4.74 Å². The van der Waals surface area contributed by atoms with Gasteiger partial charge in [-0.15, -0.1) is 0 Å². The minimum Gasteiger partial charge on any atom is -0.461 e. The van der Waals surface area contributed by atoms with Crippen LogP contribution in [0.3, 0.4) is 0 Å². The third kappa shape index (κ3) is 2.28. The molecule has 0 spiro atoms. The highest BCUT2D eigenvalue weighted by Gasteiger charge is 2.31. The van der Waals surface area contributed by atoms with E-state index in [2.05, 4.69) is 4.99 Å². The van der Waals surface area contributed by atoms with E-state index < -0.39 is 5.97 Å². The first kappa shape index (κ1) is 13.3. The standard InChI is InChI=1S/C16H14N2O3/c1-2-21-16(19)15-14(13-9-5-6-10-18(13)20)11-7-3-4-8-12(11)17-15/h3-10,20H,2H2,1H3/b14-13+. The van der Waals surface area contributed by atoms with E-state index in [0.29, 0.717) is 17.0 Å². The van der Waals surface area contributed by atoms with Gasteiger partial charge in [-0.25, -0.2) is 14.9 Å². The van der Waals surface area contributed by atoms with Crippen LogP contribution in [0, 0.1) is 0 Å². The fourth-order valence-corrected chi connectivity index (χ4v) is 2.33. The molecule has 2 aliphatic rings. The monoisotopic (exact) mass is 282 g/mol. The smallest absolute Gasteiger partial charge is 0.357 e.